The molecule has 0 radical (unpaired) electrons. The average Bonchev–Trinajstić information content (AvgIpc) is 2.17. The van der Waals surface area contributed by atoms with Crippen LogP contribution < -0.4 is 0 Å². The van der Waals surface area contributed by atoms with E-state index in [9.17, 15) is 4.79 Å². The van der Waals surface area contributed by atoms with Crippen LogP contribution in [0.4, 0.5) is 0 Å². The third kappa shape index (κ3) is 4.52. The quantitative estimate of drug-likeness (QED) is 0.720. The molecule has 1 rings (SSSR count). The van der Waals surface area contributed by atoms with Crippen LogP contribution in [0.25, 0.3) is 0 Å². The molecule has 15 heavy (non-hydrogen) atoms. The monoisotopic (exact) mass is 222 g/mol. The highest BCUT2D eigenvalue weighted by Crippen LogP contribution is 2.39. The fourth-order valence-electron chi connectivity index (χ4n) is 1.43. The van der Waals surface area contributed by atoms with Gasteiger partial charge in [0.15, 0.2) is 0 Å². The molecule has 0 saturated heterocycles. The van der Waals surface area contributed by atoms with Crippen molar-refractivity contribution in [2.45, 2.75) is 37.2 Å². The predicted octanol–water partition coefficient (Wildman–Crippen LogP) is 3.85. The molecular formula is C13H18OS. The first-order valence-electron chi connectivity index (χ1n) is 5.19. The molecule has 0 heterocycles. The van der Waals surface area contributed by atoms with Gasteiger partial charge in [-0.3, -0.25) is 0 Å². The third-order valence-corrected chi connectivity index (χ3v) is 3.43. The average molecular weight is 222 g/mol. The fraction of sp³-hybridized carbons (Fsp3) is 0.462. The standard InChI is InChI=1S/C13H18OS/c1-13(2,3)15-12(9-10-14)11-7-5-4-6-8-11/h4-8,10,12H,9H2,1-3H3/t12-/m0/s1. The van der Waals surface area contributed by atoms with E-state index in [1.54, 1.807) is 0 Å². The summed E-state index contributed by atoms with van der Waals surface area (Å²) in [4.78, 5) is 10.7. The van der Waals surface area contributed by atoms with Crippen molar-refractivity contribution in [3.8, 4) is 0 Å². The van der Waals surface area contributed by atoms with Crippen LogP contribution in [-0.4, -0.2) is 11.0 Å². The van der Waals surface area contributed by atoms with E-state index in [1.165, 1.54) is 5.56 Å². The van der Waals surface area contributed by atoms with Gasteiger partial charge in [-0.15, -0.1) is 11.8 Å². The number of carbonyl (C=O) groups is 1. The third-order valence-electron chi connectivity index (χ3n) is 1.98. The number of thioether (sulfide) groups is 1. The Morgan fingerprint density at radius 3 is 2.33 bits per heavy atom. The Balaban J connectivity index is 2.79. The summed E-state index contributed by atoms with van der Waals surface area (Å²) < 4.78 is 0.184. The zero-order valence-corrected chi connectivity index (χ0v) is 10.4. The largest absolute Gasteiger partial charge is 0.303 e. The van der Waals surface area contributed by atoms with E-state index in [0.29, 0.717) is 6.42 Å². The van der Waals surface area contributed by atoms with Crippen molar-refractivity contribution in [3.63, 3.8) is 0 Å². The van der Waals surface area contributed by atoms with Crippen molar-refractivity contribution in [2.24, 2.45) is 0 Å². The van der Waals surface area contributed by atoms with Crippen LogP contribution in [0.5, 0.6) is 0 Å². The lowest BCUT2D eigenvalue weighted by Gasteiger charge is -2.24. The molecule has 0 aliphatic carbocycles. The van der Waals surface area contributed by atoms with Gasteiger partial charge in [0.05, 0.1) is 0 Å². The zero-order valence-electron chi connectivity index (χ0n) is 9.57. The summed E-state index contributed by atoms with van der Waals surface area (Å²) in [5.41, 5.74) is 1.24. The number of aldehydes is 1. The van der Waals surface area contributed by atoms with Crippen LogP contribution in [0.1, 0.15) is 38.0 Å². The number of hydrogen-bond donors (Lipinski definition) is 0. The van der Waals surface area contributed by atoms with E-state index in [4.69, 9.17) is 0 Å². The van der Waals surface area contributed by atoms with Gasteiger partial charge < -0.3 is 4.79 Å². The topological polar surface area (TPSA) is 17.1 Å². The molecular weight excluding hydrogens is 204 g/mol. The second-order valence-electron chi connectivity index (χ2n) is 4.53. The van der Waals surface area contributed by atoms with Crippen LogP contribution in [-0.2, 0) is 4.79 Å². The number of carbonyl (C=O) groups excluding carboxylic acids is 1. The van der Waals surface area contributed by atoms with Gasteiger partial charge in [-0.25, -0.2) is 0 Å². The summed E-state index contributed by atoms with van der Waals surface area (Å²) in [6.07, 6.45) is 1.60. The minimum absolute atomic E-state index is 0.184. The van der Waals surface area contributed by atoms with Gasteiger partial charge in [0.25, 0.3) is 0 Å². The first kappa shape index (κ1) is 12.3. The molecule has 82 valence electrons. The Kier molecular flexibility index (Phi) is 4.40. The Hall–Kier alpha value is -0.760. The lowest BCUT2D eigenvalue weighted by atomic mass is 10.1. The Bertz CT molecular complexity index is 300. The summed E-state index contributed by atoms with van der Waals surface area (Å²) in [5, 5.41) is 0.281. The van der Waals surface area contributed by atoms with Crippen molar-refractivity contribution in [1.29, 1.82) is 0 Å². The summed E-state index contributed by atoms with van der Waals surface area (Å²) in [5.74, 6) is 0. The molecule has 0 aromatic heterocycles. The van der Waals surface area contributed by atoms with E-state index < -0.39 is 0 Å². The molecule has 0 spiro atoms. The first-order chi connectivity index (χ1) is 7.03. The molecule has 0 amide bonds. The second kappa shape index (κ2) is 5.36. The number of hydrogen-bond acceptors (Lipinski definition) is 2. The van der Waals surface area contributed by atoms with Crippen LogP contribution in [0.2, 0.25) is 0 Å². The highest BCUT2D eigenvalue weighted by molar-refractivity contribution is 8.00. The van der Waals surface area contributed by atoms with Gasteiger partial charge >= 0.3 is 0 Å². The zero-order chi connectivity index (χ0) is 11.3. The number of benzene rings is 1. The maximum atomic E-state index is 10.7. The molecule has 0 saturated carbocycles. The van der Waals surface area contributed by atoms with Gasteiger partial charge in [0, 0.05) is 16.4 Å². The fourth-order valence-corrected chi connectivity index (χ4v) is 2.76. The predicted molar refractivity (Wildman–Crippen MR) is 67.2 cm³/mol. The Labute approximate surface area is 96.3 Å². The first-order valence-corrected chi connectivity index (χ1v) is 6.07. The Morgan fingerprint density at radius 1 is 1.27 bits per heavy atom. The molecule has 0 unspecified atom stereocenters. The Morgan fingerprint density at radius 2 is 1.87 bits per heavy atom. The maximum absolute atomic E-state index is 10.7. The second-order valence-corrected chi connectivity index (χ2v) is 6.56. The van der Waals surface area contributed by atoms with Crippen molar-refractivity contribution >= 4 is 18.0 Å². The molecule has 1 nitrogen and oxygen atoms in total. The van der Waals surface area contributed by atoms with Crippen molar-refractivity contribution in [3.05, 3.63) is 35.9 Å². The van der Waals surface area contributed by atoms with Gasteiger partial charge in [0.1, 0.15) is 6.29 Å². The molecule has 0 aliphatic heterocycles. The minimum Gasteiger partial charge on any atom is -0.303 e. The van der Waals surface area contributed by atoms with Crippen LogP contribution in [0, 0.1) is 0 Å². The van der Waals surface area contributed by atoms with Crippen molar-refractivity contribution < 1.29 is 4.79 Å². The van der Waals surface area contributed by atoms with Gasteiger partial charge in [0.2, 0.25) is 0 Å². The summed E-state index contributed by atoms with van der Waals surface area (Å²) in [6.45, 7) is 6.54. The SMILES string of the molecule is CC(C)(C)S[C@@H](CC=O)c1ccccc1. The van der Waals surface area contributed by atoms with Crippen molar-refractivity contribution in [1.82, 2.24) is 0 Å². The number of rotatable bonds is 4. The summed E-state index contributed by atoms with van der Waals surface area (Å²) in [6, 6.07) is 10.2. The van der Waals surface area contributed by atoms with Crippen LogP contribution in [0.3, 0.4) is 0 Å². The van der Waals surface area contributed by atoms with Crippen LogP contribution >= 0.6 is 11.8 Å². The minimum atomic E-state index is 0.184. The van der Waals surface area contributed by atoms with E-state index in [0.717, 1.165) is 6.29 Å². The molecule has 0 bridgehead atoms. The lowest BCUT2D eigenvalue weighted by molar-refractivity contribution is -0.107. The molecule has 0 aliphatic rings. The molecule has 2 heteroatoms. The van der Waals surface area contributed by atoms with Gasteiger partial charge in [-0.05, 0) is 5.56 Å². The van der Waals surface area contributed by atoms with E-state index >= 15 is 0 Å². The normalized spacial score (nSPS) is 13.5. The molecule has 1 atom stereocenters. The summed E-state index contributed by atoms with van der Waals surface area (Å²) in [7, 11) is 0. The molecule has 1 aromatic carbocycles. The maximum Gasteiger partial charge on any atom is 0.121 e. The summed E-state index contributed by atoms with van der Waals surface area (Å²) >= 11 is 1.85. The lowest BCUT2D eigenvalue weighted by Crippen LogP contribution is -2.11. The van der Waals surface area contributed by atoms with Crippen molar-refractivity contribution in [2.75, 3.05) is 0 Å². The highest BCUT2D eigenvalue weighted by atomic mass is 32.2. The molecule has 0 fully saturated rings. The van der Waals surface area contributed by atoms with Crippen LogP contribution in [0.15, 0.2) is 30.3 Å². The smallest absolute Gasteiger partial charge is 0.121 e. The van der Waals surface area contributed by atoms with E-state index in [2.05, 4.69) is 32.9 Å². The molecule has 1 aromatic rings. The van der Waals surface area contributed by atoms with E-state index in [1.807, 2.05) is 30.0 Å². The molecule has 0 N–H and O–H groups in total. The van der Waals surface area contributed by atoms with E-state index in [-0.39, 0.29) is 10.00 Å². The van der Waals surface area contributed by atoms with Gasteiger partial charge in [-0.2, -0.15) is 0 Å². The highest BCUT2D eigenvalue weighted by Gasteiger charge is 2.20. The van der Waals surface area contributed by atoms with Gasteiger partial charge in [-0.1, -0.05) is 51.1 Å².